The van der Waals surface area contributed by atoms with E-state index in [9.17, 15) is 5.11 Å². The largest absolute Gasteiger partial charge is 0.396 e. The number of aliphatic hydroxyl groups is 1. The van der Waals surface area contributed by atoms with Crippen molar-refractivity contribution >= 4 is 0 Å². The molecule has 2 aliphatic rings. The number of hydrogen-bond acceptors (Lipinski definition) is 2. The number of likely N-dealkylation sites (tertiary alicyclic amines) is 1. The Morgan fingerprint density at radius 1 is 1.54 bits per heavy atom. The molecule has 76 valence electrons. The average Bonchev–Trinajstić information content (AvgIpc) is 2.89. The van der Waals surface area contributed by atoms with Crippen LogP contribution in [0.15, 0.2) is 0 Å². The summed E-state index contributed by atoms with van der Waals surface area (Å²) in [5, 5.41) is 9.25. The standard InChI is InChI=1S/C11H21NO/c1-9(10-3-4-10)12-6-5-11(2,7-12)8-13/h9-10,13H,3-8H2,1-2H3. The lowest BCUT2D eigenvalue weighted by Crippen LogP contribution is -2.35. The van der Waals surface area contributed by atoms with Crippen molar-refractivity contribution in [1.82, 2.24) is 4.90 Å². The fourth-order valence-electron chi connectivity index (χ4n) is 2.42. The number of nitrogens with zero attached hydrogens (tertiary/aromatic N) is 1. The van der Waals surface area contributed by atoms with Crippen molar-refractivity contribution in [3.8, 4) is 0 Å². The third-order valence-electron chi connectivity index (χ3n) is 3.85. The highest BCUT2D eigenvalue weighted by Gasteiger charge is 2.39. The highest BCUT2D eigenvalue weighted by atomic mass is 16.3. The maximum absolute atomic E-state index is 9.25. The highest BCUT2D eigenvalue weighted by Crippen LogP contribution is 2.39. The molecule has 2 heteroatoms. The van der Waals surface area contributed by atoms with Crippen LogP contribution in [0, 0.1) is 11.3 Å². The van der Waals surface area contributed by atoms with Crippen LogP contribution in [0.5, 0.6) is 0 Å². The van der Waals surface area contributed by atoms with Crippen molar-refractivity contribution in [2.75, 3.05) is 19.7 Å². The van der Waals surface area contributed by atoms with Crippen LogP contribution >= 0.6 is 0 Å². The predicted molar refractivity (Wildman–Crippen MR) is 53.6 cm³/mol. The van der Waals surface area contributed by atoms with E-state index in [4.69, 9.17) is 0 Å². The maximum atomic E-state index is 9.25. The van der Waals surface area contributed by atoms with Gasteiger partial charge in [0.2, 0.25) is 0 Å². The van der Waals surface area contributed by atoms with Crippen LogP contribution in [0.2, 0.25) is 0 Å². The molecular formula is C11H21NO. The van der Waals surface area contributed by atoms with Gasteiger partial charge in [0.05, 0.1) is 0 Å². The Morgan fingerprint density at radius 2 is 2.23 bits per heavy atom. The van der Waals surface area contributed by atoms with Crippen molar-refractivity contribution in [2.45, 2.75) is 39.2 Å². The van der Waals surface area contributed by atoms with Crippen LogP contribution < -0.4 is 0 Å². The molecule has 2 atom stereocenters. The Hall–Kier alpha value is -0.0800. The fourth-order valence-corrected chi connectivity index (χ4v) is 2.42. The van der Waals surface area contributed by atoms with Crippen molar-refractivity contribution in [3.63, 3.8) is 0 Å². The summed E-state index contributed by atoms with van der Waals surface area (Å²) in [5.41, 5.74) is 0.184. The Morgan fingerprint density at radius 3 is 2.69 bits per heavy atom. The third kappa shape index (κ3) is 1.89. The van der Waals surface area contributed by atoms with E-state index in [1.54, 1.807) is 0 Å². The summed E-state index contributed by atoms with van der Waals surface area (Å²) in [6.45, 7) is 7.18. The maximum Gasteiger partial charge on any atom is 0.0497 e. The fraction of sp³-hybridized carbons (Fsp3) is 1.00. The van der Waals surface area contributed by atoms with Gasteiger partial charge in [-0.25, -0.2) is 0 Å². The molecule has 2 fully saturated rings. The minimum atomic E-state index is 0.184. The van der Waals surface area contributed by atoms with E-state index in [1.807, 2.05) is 0 Å². The van der Waals surface area contributed by atoms with Crippen LogP contribution in [-0.4, -0.2) is 35.7 Å². The van der Waals surface area contributed by atoms with Gasteiger partial charge in [-0.05, 0) is 38.6 Å². The molecule has 2 nitrogen and oxygen atoms in total. The van der Waals surface area contributed by atoms with Gasteiger partial charge in [0.1, 0.15) is 0 Å². The smallest absolute Gasteiger partial charge is 0.0497 e. The molecular weight excluding hydrogens is 162 g/mol. The Labute approximate surface area is 80.9 Å². The summed E-state index contributed by atoms with van der Waals surface area (Å²) in [7, 11) is 0. The molecule has 1 aliphatic carbocycles. The molecule has 1 aliphatic heterocycles. The minimum absolute atomic E-state index is 0.184. The molecule has 0 bridgehead atoms. The first-order valence-corrected chi connectivity index (χ1v) is 5.49. The normalized spacial score (nSPS) is 38.1. The van der Waals surface area contributed by atoms with Gasteiger partial charge in [0.15, 0.2) is 0 Å². The Kier molecular flexibility index (Phi) is 2.37. The number of hydrogen-bond donors (Lipinski definition) is 1. The lowest BCUT2D eigenvalue weighted by atomic mass is 9.91. The number of rotatable bonds is 3. The van der Waals surface area contributed by atoms with Crippen LogP contribution in [0.1, 0.15) is 33.1 Å². The van der Waals surface area contributed by atoms with Crippen LogP contribution in [-0.2, 0) is 0 Å². The van der Waals surface area contributed by atoms with Crippen molar-refractivity contribution in [2.24, 2.45) is 11.3 Å². The van der Waals surface area contributed by atoms with E-state index in [0.29, 0.717) is 6.61 Å². The van der Waals surface area contributed by atoms with Crippen molar-refractivity contribution in [1.29, 1.82) is 0 Å². The zero-order valence-corrected chi connectivity index (χ0v) is 8.79. The molecule has 1 heterocycles. The summed E-state index contributed by atoms with van der Waals surface area (Å²) >= 11 is 0. The molecule has 0 amide bonds. The molecule has 1 saturated heterocycles. The summed E-state index contributed by atoms with van der Waals surface area (Å²) in [4.78, 5) is 2.56. The summed E-state index contributed by atoms with van der Waals surface area (Å²) in [6.07, 6.45) is 4.02. The molecule has 0 aromatic carbocycles. The van der Waals surface area contributed by atoms with Gasteiger partial charge in [-0.2, -0.15) is 0 Å². The molecule has 2 unspecified atom stereocenters. The van der Waals surface area contributed by atoms with Gasteiger partial charge in [0, 0.05) is 24.6 Å². The Bertz CT molecular complexity index is 191. The minimum Gasteiger partial charge on any atom is -0.396 e. The molecule has 0 spiro atoms. The molecule has 0 aromatic rings. The van der Waals surface area contributed by atoms with Gasteiger partial charge in [-0.15, -0.1) is 0 Å². The summed E-state index contributed by atoms with van der Waals surface area (Å²) in [5.74, 6) is 0.959. The van der Waals surface area contributed by atoms with Crippen LogP contribution in [0.25, 0.3) is 0 Å². The van der Waals surface area contributed by atoms with E-state index in [0.717, 1.165) is 18.5 Å². The lowest BCUT2D eigenvalue weighted by molar-refractivity contribution is 0.132. The predicted octanol–water partition coefficient (Wildman–Crippen LogP) is 1.49. The first kappa shape index (κ1) is 9.47. The second-order valence-electron chi connectivity index (χ2n) is 5.27. The first-order valence-electron chi connectivity index (χ1n) is 5.49. The van der Waals surface area contributed by atoms with Crippen molar-refractivity contribution in [3.05, 3.63) is 0 Å². The van der Waals surface area contributed by atoms with Crippen LogP contribution in [0.3, 0.4) is 0 Å². The molecule has 0 aromatic heterocycles. The molecule has 1 saturated carbocycles. The first-order chi connectivity index (χ1) is 6.14. The lowest BCUT2D eigenvalue weighted by Gasteiger charge is -2.26. The summed E-state index contributed by atoms with van der Waals surface area (Å²) in [6, 6.07) is 0.758. The molecule has 0 radical (unpaired) electrons. The zero-order chi connectivity index (χ0) is 9.47. The summed E-state index contributed by atoms with van der Waals surface area (Å²) < 4.78 is 0. The van der Waals surface area contributed by atoms with Crippen molar-refractivity contribution < 1.29 is 5.11 Å². The van der Waals surface area contributed by atoms with Gasteiger partial charge >= 0.3 is 0 Å². The molecule has 13 heavy (non-hydrogen) atoms. The van der Waals surface area contributed by atoms with Gasteiger partial charge in [-0.1, -0.05) is 6.92 Å². The molecule has 1 N–H and O–H groups in total. The van der Waals surface area contributed by atoms with Gasteiger partial charge in [-0.3, -0.25) is 4.90 Å². The van der Waals surface area contributed by atoms with E-state index in [-0.39, 0.29) is 5.41 Å². The zero-order valence-electron chi connectivity index (χ0n) is 8.79. The van der Waals surface area contributed by atoms with E-state index in [2.05, 4.69) is 18.7 Å². The average molecular weight is 183 g/mol. The van der Waals surface area contributed by atoms with Gasteiger partial charge in [0.25, 0.3) is 0 Å². The van der Waals surface area contributed by atoms with E-state index in [1.165, 1.54) is 25.8 Å². The highest BCUT2D eigenvalue weighted by molar-refractivity contribution is 4.93. The van der Waals surface area contributed by atoms with E-state index < -0.39 is 0 Å². The second kappa shape index (κ2) is 3.25. The monoisotopic (exact) mass is 183 g/mol. The SMILES string of the molecule is CC(C1CC1)N1CCC(C)(CO)C1. The van der Waals surface area contributed by atoms with Crippen LogP contribution in [0.4, 0.5) is 0 Å². The Balaban J connectivity index is 1.89. The quantitative estimate of drug-likeness (QED) is 0.716. The third-order valence-corrected chi connectivity index (χ3v) is 3.85. The second-order valence-corrected chi connectivity index (χ2v) is 5.27. The molecule has 2 rings (SSSR count). The van der Waals surface area contributed by atoms with E-state index >= 15 is 0 Å². The number of aliphatic hydroxyl groups excluding tert-OH is 1. The van der Waals surface area contributed by atoms with Gasteiger partial charge < -0.3 is 5.11 Å². The topological polar surface area (TPSA) is 23.5 Å².